The predicted octanol–water partition coefficient (Wildman–Crippen LogP) is 2.36. The molecule has 1 fully saturated rings. The van der Waals surface area contributed by atoms with Crippen LogP contribution in [0.5, 0.6) is 0 Å². The van der Waals surface area contributed by atoms with Gasteiger partial charge in [0.25, 0.3) is 0 Å². The highest BCUT2D eigenvalue weighted by Crippen LogP contribution is 2.38. The molecule has 0 aromatic heterocycles. The molecular formula is C11H13BrFNO. The van der Waals surface area contributed by atoms with Crippen molar-refractivity contribution in [3.8, 4) is 0 Å². The molecular weight excluding hydrogens is 261 g/mol. The summed E-state index contributed by atoms with van der Waals surface area (Å²) in [4.78, 5) is 0. The number of aliphatic hydroxyl groups excluding tert-OH is 1. The lowest BCUT2D eigenvalue weighted by atomic mass is 9.99. The van der Waals surface area contributed by atoms with Gasteiger partial charge in [-0.25, -0.2) is 4.39 Å². The van der Waals surface area contributed by atoms with E-state index in [-0.39, 0.29) is 11.7 Å². The molecule has 2 atom stereocenters. The van der Waals surface area contributed by atoms with Crippen LogP contribution in [0.15, 0.2) is 22.7 Å². The van der Waals surface area contributed by atoms with E-state index in [1.807, 2.05) is 0 Å². The lowest BCUT2D eigenvalue weighted by molar-refractivity contribution is 0.122. The van der Waals surface area contributed by atoms with Crippen LogP contribution in [0.25, 0.3) is 0 Å². The maximum atomic E-state index is 13.2. The van der Waals surface area contributed by atoms with Crippen molar-refractivity contribution in [3.05, 3.63) is 34.1 Å². The quantitative estimate of drug-likeness (QED) is 0.888. The van der Waals surface area contributed by atoms with Gasteiger partial charge >= 0.3 is 0 Å². The first-order valence-corrected chi connectivity index (χ1v) is 5.78. The second-order valence-corrected chi connectivity index (χ2v) is 4.79. The number of nitrogens with two attached hydrogens (primary N) is 1. The van der Waals surface area contributed by atoms with Gasteiger partial charge in [0, 0.05) is 0 Å². The lowest BCUT2D eigenvalue weighted by Crippen LogP contribution is -2.28. The molecule has 0 radical (unpaired) electrons. The maximum Gasteiger partial charge on any atom is 0.137 e. The molecule has 1 saturated carbocycles. The zero-order chi connectivity index (χ0) is 11.0. The van der Waals surface area contributed by atoms with Crippen LogP contribution in [0.4, 0.5) is 4.39 Å². The molecule has 1 aromatic carbocycles. The molecule has 3 N–H and O–H groups in total. The highest BCUT2D eigenvalue weighted by molar-refractivity contribution is 9.10. The van der Waals surface area contributed by atoms with Crippen molar-refractivity contribution in [3.63, 3.8) is 0 Å². The van der Waals surface area contributed by atoms with Crippen LogP contribution >= 0.6 is 15.9 Å². The van der Waals surface area contributed by atoms with Gasteiger partial charge < -0.3 is 10.8 Å². The number of hydrogen-bond acceptors (Lipinski definition) is 2. The molecule has 0 amide bonds. The summed E-state index contributed by atoms with van der Waals surface area (Å²) < 4.78 is 13.6. The second-order valence-electron chi connectivity index (χ2n) is 4.00. The van der Waals surface area contributed by atoms with Gasteiger partial charge in [0.1, 0.15) is 5.82 Å². The van der Waals surface area contributed by atoms with Gasteiger partial charge in [0.2, 0.25) is 0 Å². The SMILES string of the molecule is N[C@H](c1cccc(F)c1Br)[C@@H](O)C1CC1. The monoisotopic (exact) mass is 273 g/mol. The fraction of sp³-hybridized carbons (Fsp3) is 0.455. The van der Waals surface area contributed by atoms with Crippen LogP contribution in [0, 0.1) is 11.7 Å². The molecule has 0 spiro atoms. The van der Waals surface area contributed by atoms with Crippen LogP contribution in [0.2, 0.25) is 0 Å². The van der Waals surface area contributed by atoms with E-state index in [1.165, 1.54) is 6.07 Å². The van der Waals surface area contributed by atoms with Gasteiger partial charge in [-0.05, 0) is 46.3 Å². The number of halogens is 2. The van der Waals surface area contributed by atoms with E-state index in [2.05, 4.69) is 15.9 Å². The predicted molar refractivity (Wildman–Crippen MR) is 59.8 cm³/mol. The van der Waals surface area contributed by atoms with Crippen LogP contribution in [-0.4, -0.2) is 11.2 Å². The third kappa shape index (κ3) is 2.22. The highest BCUT2D eigenvalue weighted by Gasteiger charge is 2.35. The summed E-state index contributed by atoms with van der Waals surface area (Å²) in [6, 6.07) is 4.20. The Morgan fingerprint density at radius 3 is 2.73 bits per heavy atom. The molecule has 2 nitrogen and oxygen atoms in total. The standard InChI is InChI=1S/C11H13BrFNO/c12-9-7(2-1-3-8(9)13)10(14)11(15)6-4-5-6/h1-3,6,10-11,15H,4-5,14H2/t10-,11+/m1/s1. The molecule has 1 aromatic rings. The first-order valence-electron chi connectivity index (χ1n) is 4.99. The molecule has 4 heteroatoms. The fourth-order valence-electron chi connectivity index (χ4n) is 1.69. The van der Waals surface area contributed by atoms with E-state index in [1.54, 1.807) is 12.1 Å². The minimum atomic E-state index is -0.567. The van der Waals surface area contributed by atoms with E-state index < -0.39 is 12.1 Å². The Hall–Kier alpha value is -0.450. The Kier molecular flexibility index (Phi) is 3.09. The zero-order valence-electron chi connectivity index (χ0n) is 8.16. The van der Waals surface area contributed by atoms with E-state index in [4.69, 9.17) is 5.73 Å². The largest absolute Gasteiger partial charge is 0.391 e. The van der Waals surface area contributed by atoms with Crippen molar-refractivity contribution in [2.75, 3.05) is 0 Å². The summed E-state index contributed by atoms with van der Waals surface area (Å²) in [5.74, 6) is -0.0545. The van der Waals surface area contributed by atoms with E-state index >= 15 is 0 Å². The Balaban J connectivity index is 2.24. The first kappa shape index (κ1) is 11.0. The summed E-state index contributed by atoms with van der Waals surface area (Å²) in [5, 5.41) is 9.86. The van der Waals surface area contributed by atoms with Crippen molar-refractivity contribution in [2.45, 2.75) is 25.0 Å². The van der Waals surface area contributed by atoms with Gasteiger partial charge in [0.15, 0.2) is 0 Å². The van der Waals surface area contributed by atoms with Crippen LogP contribution in [-0.2, 0) is 0 Å². The van der Waals surface area contributed by atoms with Crippen LogP contribution in [0.3, 0.4) is 0 Å². The van der Waals surface area contributed by atoms with Crippen molar-refractivity contribution < 1.29 is 9.50 Å². The average Bonchev–Trinajstić information content (AvgIpc) is 3.03. The molecule has 0 aliphatic heterocycles. The number of aliphatic hydroxyl groups is 1. The summed E-state index contributed by atoms with van der Waals surface area (Å²) in [6.07, 6.45) is 1.46. The van der Waals surface area contributed by atoms with Crippen LogP contribution in [0.1, 0.15) is 24.4 Å². The van der Waals surface area contributed by atoms with E-state index in [0.29, 0.717) is 10.0 Å². The summed E-state index contributed by atoms with van der Waals surface area (Å²) >= 11 is 3.15. The molecule has 1 aliphatic carbocycles. The second kappa shape index (κ2) is 4.20. The van der Waals surface area contributed by atoms with E-state index in [0.717, 1.165) is 12.8 Å². The molecule has 0 unspecified atom stereocenters. The van der Waals surface area contributed by atoms with Gasteiger partial charge in [-0.15, -0.1) is 0 Å². The van der Waals surface area contributed by atoms with Gasteiger partial charge in [-0.1, -0.05) is 12.1 Å². The highest BCUT2D eigenvalue weighted by atomic mass is 79.9. The Morgan fingerprint density at radius 1 is 1.47 bits per heavy atom. The number of rotatable bonds is 3. The molecule has 0 saturated heterocycles. The van der Waals surface area contributed by atoms with Gasteiger partial charge in [-0.3, -0.25) is 0 Å². The summed E-state index contributed by atoms with van der Waals surface area (Å²) in [7, 11) is 0. The first-order chi connectivity index (χ1) is 7.11. The number of hydrogen-bond donors (Lipinski definition) is 2. The lowest BCUT2D eigenvalue weighted by Gasteiger charge is -2.20. The minimum Gasteiger partial charge on any atom is -0.391 e. The van der Waals surface area contributed by atoms with Gasteiger partial charge in [-0.2, -0.15) is 0 Å². The summed E-state index contributed by atoms with van der Waals surface area (Å²) in [5.41, 5.74) is 6.54. The Morgan fingerprint density at radius 2 is 2.13 bits per heavy atom. The third-order valence-corrected chi connectivity index (χ3v) is 3.65. The normalized spacial score (nSPS) is 20.0. The smallest absolute Gasteiger partial charge is 0.137 e. The minimum absolute atomic E-state index is 0.287. The van der Waals surface area contributed by atoms with E-state index in [9.17, 15) is 9.50 Å². The van der Waals surface area contributed by atoms with Crippen molar-refractivity contribution >= 4 is 15.9 Å². The zero-order valence-corrected chi connectivity index (χ0v) is 9.74. The topological polar surface area (TPSA) is 46.2 Å². The molecule has 15 heavy (non-hydrogen) atoms. The molecule has 0 bridgehead atoms. The van der Waals surface area contributed by atoms with Gasteiger partial charge in [0.05, 0.1) is 16.6 Å². The Labute approximate surface area is 96.4 Å². The van der Waals surface area contributed by atoms with Crippen molar-refractivity contribution in [2.24, 2.45) is 11.7 Å². The molecule has 0 heterocycles. The fourth-order valence-corrected chi connectivity index (χ4v) is 2.22. The Bertz CT molecular complexity index is 368. The average molecular weight is 274 g/mol. The molecule has 1 aliphatic rings. The maximum absolute atomic E-state index is 13.2. The van der Waals surface area contributed by atoms with Crippen molar-refractivity contribution in [1.82, 2.24) is 0 Å². The molecule has 82 valence electrons. The number of benzene rings is 1. The summed E-state index contributed by atoms with van der Waals surface area (Å²) in [6.45, 7) is 0. The van der Waals surface area contributed by atoms with Crippen molar-refractivity contribution in [1.29, 1.82) is 0 Å². The third-order valence-electron chi connectivity index (χ3n) is 2.81. The van der Waals surface area contributed by atoms with Crippen LogP contribution < -0.4 is 5.73 Å². The molecule has 2 rings (SSSR count).